The van der Waals surface area contributed by atoms with Crippen LogP contribution in [0, 0.1) is 6.92 Å². The summed E-state index contributed by atoms with van der Waals surface area (Å²) in [6.07, 6.45) is 2.94. The minimum Gasteiger partial charge on any atom is -0.347 e. The summed E-state index contributed by atoms with van der Waals surface area (Å²) >= 11 is 11.9. The summed E-state index contributed by atoms with van der Waals surface area (Å²) in [6, 6.07) is 12.8. The molecule has 0 aliphatic carbocycles. The van der Waals surface area contributed by atoms with Gasteiger partial charge in [-0.2, -0.15) is 0 Å². The zero-order valence-electron chi connectivity index (χ0n) is 14.0. The van der Waals surface area contributed by atoms with E-state index in [0.29, 0.717) is 22.4 Å². The van der Waals surface area contributed by atoms with Gasteiger partial charge in [0.25, 0.3) is 5.91 Å². The molecule has 2 N–H and O–H groups in total. The highest BCUT2D eigenvalue weighted by atomic mass is 35.5. The van der Waals surface area contributed by atoms with Crippen molar-refractivity contribution in [2.45, 2.75) is 13.5 Å². The number of nitrogens with zero attached hydrogens (tertiary/aromatic N) is 2. The SMILES string of the molecule is Cc1ccc(Cl)cc1Nc1cnc(C(=O)NCc2ccc(Cl)cc2)cn1. The van der Waals surface area contributed by atoms with Crippen LogP contribution in [0.4, 0.5) is 11.5 Å². The average Bonchev–Trinajstić information content (AvgIpc) is 2.64. The first kappa shape index (κ1) is 18.2. The Balaban J connectivity index is 1.62. The van der Waals surface area contributed by atoms with Crippen LogP contribution in [0.1, 0.15) is 21.6 Å². The molecular weight excluding hydrogens is 371 g/mol. The van der Waals surface area contributed by atoms with Crippen molar-refractivity contribution in [2.75, 3.05) is 5.32 Å². The molecule has 0 aliphatic rings. The minimum atomic E-state index is -0.294. The van der Waals surface area contributed by atoms with Gasteiger partial charge in [-0.3, -0.25) is 4.79 Å². The van der Waals surface area contributed by atoms with Crippen LogP contribution < -0.4 is 10.6 Å². The monoisotopic (exact) mass is 386 g/mol. The number of aryl methyl sites for hydroxylation is 1. The fraction of sp³-hybridized carbons (Fsp3) is 0.105. The molecule has 1 amide bonds. The molecule has 0 radical (unpaired) electrons. The lowest BCUT2D eigenvalue weighted by Gasteiger charge is -2.09. The van der Waals surface area contributed by atoms with E-state index in [0.717, 1.165) is 16.8 Å². The first-order valence-corrected chi connectivity index (χ1v) is 8.65. The third-order valence-corrected chi connectivity index (χ3v) is 4.20. The van der Waals surface area contributed by atoms with Gasteiger partial charge in [-0.25, -0.2) is 9.97 Å². The van der Waals surface area contributed by atoms with Crippen molar-refractivity contribution in [1.29, 1.82) is 0 Å². The molecule has 1 heterocycles. The molecule has 0 atom stereocenters. The topological polar surface area (TPSA) is 66.9 Å². The van der Waals surface area contributed by atoms with E-state index < -0.39 is 0 Å². The number of aromatic nitrogens is 2. The molecule has 3 rings (SSSR count). The van der Waals surface area contributed by atoms with E-state index in [2.05, 4.69) is 20.6 Å². The highest BCUT2D eigenvalue weighted by Gasteiger charge is 2.08. The van der Waals surface area contributed by atoms with Crippen LogP contribution in [-0.2, 0) is 6.54 Å². The van der Waals surface area contributed by atoms with Crippen LogP contribution in [0.2, 0.25) is 10.0 Å². The van der Waals surface area contributed by atoms with Crippen molar-refractivity contribution in [2.24, 2.45) is 0 Å². The summed E-state index contributed by atoms with van der Waals surface area (Å²) < 4.78 is 0. The molecule has 26 heavy (non-hydrogen) atoms. The largest absolute Gasteiger partial charge is 0.347 e. The van der Waals surface area contributed by atoms with Crippen molar-refractivity contribution in [3.8, 4) is 0 Å². The van der Waals surface area contributed by atoms with Crippen LogP contribution in [0.5, 0.6) is 0 Å². The Bertz CT molecular complexity index is 912. The maximum absolute atomic E-state index is 12.2. The van der Waals surface area contributed by atoms with Crippen molar-refractivity contribution in [1.82, 2.24) is 15.3 Å². The Morgan fingerprint density at radius 2 is 1.73 bits per heavy atom. The number of carbonyl (C=O) groups excluding carboxylic acids is 1. The zero-order valence-corrected chi connectivity index (χ0v) is 15.5. The van der Waals surface area contributed by atoms with Crippen LogP contribution in [-0.4, -0.2) is 15.9 Å². The van der Waals surface area contributed by atoms with Crippen molar-refractivity contribution in [3.63, 3.8) is 0 Å². The molecule has 3 aromatic rings. The predicted octanol–water partition coefficient (Wildman–Crippen LogP) is 4.77. The normalized spacial score (nSPS) is 10.4. The highest BCUT2D eigenvalue weighted by Crippen LogP contribution is 2.22. The molecule has 5 nitrogen and oxygen atoms in total. The highest BCUT2D eigenvalue weighted by molar-refractivity contribution is 6.31. The molecule has 0 fully saturated rings. The lowest BCUT2D eigenvalue weighted by atomic mass is 10.2. The standard InChI is InChI=1S/C19H16Cl2N4O/c1-12-2-5-15(21)8-16(12)25-18-11-22-17(10-23-18)19(26)24-9-13-3-6-14(20)7-4-13/h2-8,10-11H,9H2,1H3,(H,23,25)(H,24,26). The van der Waals surface area contributed by atoms with Gasteiger partial charge in [-0.1, -0.05) is 41.4 Å². The quantitative estimate of drug-likeness (QED) is 0.662. The van der Waals surface area contributed by atoms with Crippen LogP contribution in [0.3, 0.4) is 0 Å². The van der Waals surface area contributed by atoms with E-state index in [1.807, 2.05) is 37.3 Å². The molecule has 1 aromatic heterocycles. The smallest absolute Gasteiger partial charge is 0.271 e. The van der Waals surface area contributed by atoms with E-state index in [4.69, 9.17) is 23.2 Å². The minimum absolute atomic E-state index is 0.243. The molecule has 132 valence electrons. The predicted molar refractivity (Wildman–Crippen MR) is 104 cm³/mol. The number of rotatable bonds is 5. The number of hydrogen-bond donors (Lipinski definition) is 2. The number of amides is 1. The molecule has 0 spiro atoms. The van der Waals surface area contributed by atoms with Gasteiger partial charge in [-0.05, 0) is 42.3 Å². The van der Waals surface area contributed by atoms with E-state index in [-0.39, 0.29) is 11.6 Å². The Hall–Kier alpha value is -2.63. The molecule has 7 heteroatoms. The second-order valence-corrected chi connectivity index (χ2v) is 6.55. The Morgan fingerprint density at radius 1 is 1.00 bits per heavy atom. The van der Waals surface area contributed by atoms with E-state index in [1.165, 1.54) is 12.4 Å². The summed E-state index contributed by atoms with van der Waals surface area (Å²) in [7, 11) is 0. The molecule has 0 unspecified atom stereocenters. The molecule has 0 saturated heterocycles. The van der Waals surface area contributed by atoms with Crippen LogP contribution in [0.15, 0.2) is 54.9 Å². The van der Waals surface area contributed by atoms with Gasteiger partial charge in [0.05, 0.1) is 12.4 Å². The number of anilines is 2. The Labute approximate surface area is 161 Å². The number of nitrogens with one attached hydrogen (secondary N) is 2. The summed E-state index contributed by atoms with van der Waals surface area (Å²) in [4.78, 5) is 20.6. The molecule has 2 aromatic carbocycles. The Morgan fingerprint density at radius 3 is 2.42 bits per heavy atom. The van der Waals surface area contributed by atoms with Crippen LogP contribution in [0.25, 0.3) is 0 Å². The zero-order chi connectivity index (χ0) is 18.5. The number of carbonyl (C=O) groups is 1. The van der Waals surface area contributed by atoms with Gasteiger partial charge in [0.15, 0.2) is 0 Å². The summed E-state index contributed by atoms with van der Waals surface area (Å²) in [6.45, 7) is 2.35. The number of hydrogen-bond acceptors (Lipinski definition) is 4. The summed E-state index contributed by atoms with van der Waals surface area (Å²) in [5.41, 5.74) is 3.06. The van der Waals surface area contributed by atoms with Gasteiger partial charge < -0.3 is 10.6 Å². The van der Waals surface area contributed by atoms with E-state index in [1.54, 1.807) is 12.1 Å². The number of halogens is 2. The fourth-order valence-electron chi connectivity index (χ4n) is 2.25. The maximum Gasteiger partial charge on any atom is 0.271 e. The molecular formula is C19H16Cl2N4O. The van der Waals surface area contributed by atoms with Crippen LogP contribution >= 0.6 is 23.2 Å². The molecule has 0 aliphatic heterocycles. The van der Waals surface area contributed by atoms with Crippen molar-refractivity contribution in [3.05, 3.63) is 81.7 Å². The summed E-state index contributed by atoms with van der Waals surface area (Å²) in [5, 5.41) is 7.22. The first-order chi connectivity index (χ1) is 12.5. The van der Waals surface area contributed by atoms with Gasteiger partial charge in [0, 0.05) is 22.3 Å². The van der Waals surface area contributed by atoms with E-state index in [9.17, 15) is 4.79 Å². The van der Waals surface area contributed by atoms with Gasteiger partial charge in [-0.15, -0.1) is 0 Å². The van der Waals surface area contributed by atoms with Gasteiger partial charge in [0.2, 0.25) is 0 Å². The third-order valence-electron chi connectivity index (χ3n) is 3.71. The molecule has 0 saturated carbocycles. The Kier molecular flexibility index (Phi) is 5.71. The molecule has 0 bridgehead atoms. The average molecular weight is 387 g/mol. The lowest BCUT2D eigenvalue weighted by molar-refractivity contribution is 0.0945. The van der Waals surface area contributed by atoms with E-state index >= 15 is 0 Å². The number of benzene rings is 2. The van der Waals surface area contributed by atoms with Crippen molar-refractivity contribution >= 4 is 40.6 Å². The second-order valence-electron chi connectivity index (χ2n) is 5.68. The first-order valence-electron chi connectivity index (χ1n) is 7.89. The second kappa shape index (κ2) is 8.17. The fourth-order valence-corrected chi connectivity index (χ4v) is 2.55. The van der Waals surface area contributed by atoms with Gasteiger partial charge in [0.1, 0.15) is 11.5 Å². The van der Waals surface area contributed by atoms with Crippen molar-refractivity contribution < 1.29 is 4.79 Å². The van der Waals surface area contributed by atoms with Gasteiger partial charge >= 0.3 is 0 Å². The summed E-state index contributed by atoms with van der Waals surface area (Å²) in [5.74, 6) is 0.238. The third kappa shape index (κ3) is 4.71. The maximum atomic E-state index is 12.2. The lowest BCUT2D eigenvalue weighted by Crippen LogP contribution is -2.24.